The van der Waals surface area contributed by atoms with Gasteiger partial charge in [-0.3, -0.25) is 4.98 Å². The summed E-state index contributed by atoms with van der Waals surface area (Å²) in [7, 11) is 1.76. The largest absolute Gasteiger partial charge is 0.347 e. The highest BCUT2D eigenvalue weighted by Gasteiger charge is 2.01. The molecule has 0 radical (unpaired) electrons. The highest BCUT2D eigenvalue weighted by atomic mass is 35.5. The first-order chi connectivity index (χ1) is 7.25. The van der Waals surface area contributed by atoms with Crippen LogP contribution in [0, 0.1) is 0 Å². The molecule has 78 valence electrons. The maximum absolute atomic E-state index is 5.72. The summed E-state index contributed by atoms with van der Waals surface area (Å²) in [6.45, 7) is 0.561. The second kappa shape index (κ2) is 4.22. The zero-order valence-electron chi connectivity index (χ0n) is 8.05. The lowest BCUT2D eigenvalue weighted by atomic mass is 10.3. The molecule has 0 unspecified atom stereocenters. The van der Waals surface area contributed by atoms with Crippen LogP contribution in [0.5, 0.6) is 0 Å². The number of halogens is 1. The minimum absolute atomic E-state index is 0.561. The molecule has 15 heavy (non-hydrogen) atoms. The van der Waals surface area contributed by atoms with Crippen LogP contribution in [-0.4, -0.2) is 25.2 Å². The summed E-state index contributed by atoms with van der Waals surface area (Å²) in [6, 6.07) is 3.64. The number of nitrogens with zero attached hydrogens (tertiary/aromatic N) is 5. The molecule has 0 aliphatic carbocycles. The summed E-state index contributed by atoms with van der Waals surface area (Å²) in [5, 5.41) is 14.7. The van der Waals surface area contributed by atoms with Crippen molar-refractivity contribution in [1.29, 1.82) is 0 Å². The van der Waals surface area contributed by atoms with E-state index in [0.717, 1.165) is 5.69 Å². The van der Waals surface area contributed by atoms with Crippen LogP contribution in [0.2, 0.25) is 5.02 Å². The van der Waals surface area contributed by atoms with Crippen LogP contribution >= 0.6 is 11.6 Å². The summed E-state index contributed by atoms with van der Waals surface area (Å²) in [4.78, 5) is 4.14. The molecule has 0 amide bonds. The van der Waals surface area contributed by atoms with Crippen molar-refractivity contribution >= 4 is 17.5 Å². The van der Waals surface area contributed by atoms with Gasteiger partial charge in [0.25, 0.3) is 0 Å². The van der Waals surface area contributed by atoms with Gasteiger partial charge in [0.15, 0.2) is 0 Å². The molecule has 0 spiro atoms. The summed E-state index contributed by atoms with van der Waals surface area (Å²) in [5.41, 5.74) is 0.877. The predicted molar refractivity (Wildman–Crippen MR) is 55.4 cm³/mol. The topological polar surface area (TPSA) is 68.5 Å². The van der Waals surface area contributed by atoms with E-state index in [-0.39, 0.29) is 0 Å². The fraction of sp³-hybridized carbons (Fsp3) is 0.250. The average molecular weight is 225 g/mol. The second-order valence-electron chi connectivity index (χ2n) is 2.95. The SMILES string of the molecule is Cn1nnnc1NCc1ccc(Cl)cn1. The Morgan fingerprint density at radius 1 is 1.47 bits per heavy atom. The van der Waals surface area contributed by atoms with E-state index < -0.39 is 0 Å². The number of aromatic nitrogens is 5. The minimum Gasteiger partial charge on any atom is -0.347 e. The molecule has 2 aromatic rings. The molecule has 0 aliphatic rings. The quantitative estimate of drug-likeness (QED) is 0.838. The Morgan fingerprint density at radius 2 is 2.33 bits per heavy atom. The third-order valence-corrected chi connectivity index (χ3v) is 2.06. The third-order valence-electron chi connectivity index (χ3n) is 1.84. The molecule has 0 aliphatic heterocycles. The maximum Gasteiger partial charge on any atom is 0.242 e. The third kappa shape index (κ3) is 2.41. The molecule has 0 saturated carbocycles. The van der Waals surface area contributed by atoms with E-state index in [9.17, 15) is 0 Å². The average Bonchev–Trinajstić information content (AvgIpc) is 2.63. The van der Waals surface area contributed by atoms with Crippen molar-refractivity contribution in [3.8, 4) is 0 Å². The van der Waals surface area contributed by atoms with E-state index in [1.54, 1.807) is 24.0 Å². The zero-order chi connectivity index (χ0) is 10.7. The lowest BCUT2D eigenvalue weighted by Gasteiger charge is -2.02. The normalized spacial score (nSPS) is 10.3. The molecule has 0 saturated heterocycles. The summed E-state index contributed by atoms with van der Waals surface area (Å²) >= 11 is 5.72. The number of hydrogen-bond acceptors (Lipinski definition) is 5. The molecule has 1 N–H and O–H groups in total. The number of anilines is 1. The molecular formula is C8H9ClN6. The number of hydrogen-bond donors (Lipinski definition) is 1. The van der Waals surface area contributed by atoms with Crippen molar-refractivity contribution in [2.45, 2.75) is 6.54 Å². The Hall–Kier alpha value is -1.69. The van der Waals surface area contributed by atoms with Crippen LogP contribution in [-0.2, 0) is 13.6 Å². The fourth-order valence-corrected chi connectivity index (χ4v) is 1.17. The van der Waals surface area contributed by atoms with Gasteiger partial charge in [-0.1, -0.05) is 16.7 Å². The van der Waals surface area contributed by atoms with Gasteiger partial charge >= 0.3 is 0 Å². The van der Waals surface area contributed by atoms with E-state index in [1.165, 1.54) is 0 Å². The van der Waals surface area contributed by atoms with Crippen LogP contribution < -0.4 is 5.32 Å². The summed E-state index contributed by atoms with van der Waals surface area (Å²) in [6.07, 6.45) is 1.60. The van der Waals surface area contributed by atoms with Gasteiger partial charge < -0.3 is 5.32 Å². The highest BCUT2D eigenvalue weighted by Crippen LogP contribution is 2.07. The van der Waals surface area contributed by atoms with Crippen molar-refractivity contribution in [1.82, 2.24) is 25.2 Å². The monoisotopic (exact) mass is 224 g/mol. The molecule has 6 nitrogen and oxygen atoms in total. The molecule has 0 aromatic carbocycles. The Balaban J connectivity index is 1.99. The van der Waals surface area contributed by atoms with Gasteiger partial charge in [0, 0.05) is 13.2 Å². The number of aryl methyl sites for hydroxylation is 1. The van der Waals surface area contributed by atoms with E-state index in [1.807, 2.05) is 6.07 Å². The lowest BCUT2D eigenvalue weighted by molar-refractivity contribution is 0.712. The van der Waals surface area contributed by atoms with Crippen LogP contribution in [0.4, 0.5) is 5.95 Å². The molecule has 0 fully saturated rings. The summed E-state index contributed by atoms with van der Waals surface area (Å²) in [5.74, 6) is 0.603. The van der Waals surface area contributed by atoms with Crippen LogP contribution in [0.1, 0.15) is 5.69 Å². The number of pyridine rings is 1. The van der Waals surface area contributed by atoms with Gasteiger partial charge in [-0.25, -0.2) is 4.68 Å². The van der Waals surface area contributed by atoms with Crippen LogP contribution in [0.25, 0.3) is 0 Å². The van der Waals surface area contributed by atoms with Gasteiger partial charge in [-0.05, 0) is 22.6 Å². The van der Waals surface area contributed by atoms with E-state index in [2.05, 4.69) is 25.8 Å². The van der Waals surface area contributed by atoms with Gasteiger partial charge in [0.2, 0.25) is 5.95 Å². The van der Waals surface area contributed by atoms with Gasteiger partial charge in [-0.15, -0.1) is 0 Å². The number of tetrazole rings is 1. The first-order valence-electron chi connectivity index (χ1n) is 4.32. The maximum atomic E-state index is 5.72. The molecular weight excluding hydrogens is 216 g/mol. The van der Waals surface area contributed by atoms with Crippen molar-refractivity contribution in [2.75, 3.05) is 5.32 Å². The second-order valence-corrected chi connectivity index (χ2v) is 3.38. The Bertz CT molecular complexity index is 437. The highest BCUT2D eigenvalue weighted by molar-refractivity contribution is 6.30. The number of rotatable bonds is 3. The van der Waals surface area contributed by atoms with E-state index >= 15 is 0 Å². The van der Waals surface area contributed by atoms with Gasteiger partial charge in [-0.2, -0.15) is 0 Å². The Kier molecular flexibility index (Phi) is 2.77. The molecule has 2 rings (SSSR count). The molecule has 7 heteroatoms. The molecule has 2 heterocycles. The van der Waals surface area contributed by atoms with Crippen molar-refractivity contribution in [2.24, 2.45) is 7.05 Å². The predicted octanol–water partition coefficient (Wildman–Crippen LogP) is 0.871. The Morgan fingerprint density at radius 3 is 2.93 bits per heavy atom. The molecule has 0 atom stereocenters. The smallest absolute Gasteiger partial charge is 0.242 e. The minimum atomic E-state index is 0.561. The standard InChI is InChI=1S/C8H9ClN6/c1-15-8(12-13-14-15)11-5-7-3-2-6(9)4-10-7/h2-4H,5H2,1H3,(H,11,12,14). The van der Waals surface area contributed by atoms with E-state index in [4.69, 9.17) is 11.6 Å². The van der Waals surface area contributed by atoms with Crippen LogP contribution in [0.15, 0.2) is 18.3 Å². The first kappa shape index (κ1) is 9.85. The van der Waals surface area contributed by atoms with E-state index in [0.29, 0.717) is 17.5 Å². The van der Waals surface area contributed by atoms with Crippen molar-refractivity contribution < 1.29 is 0 Å². The van der Waals surface area contributed by atoms with Gasteiger partial charge in [0.05, 0.1) is 17.3 Å². The lowest BCUT2D eigenvalue weighted by Crippen LogP contribution is -2.06. The van der Waals surface area contributed by atoms with Crippen molar-refractivity contribution in [3.05, 3.63) is 29.0 Å². The van der Waals surface area contributed by atoms with Crippen molar-refractivity contribution in [3.63, 3.8) is 0 Å². The fourth-order valence-electron chi connectivity index (χ4n) is 1.06. The Labute approximate surface area is 91.3 Å². The first-order valence-corrected chi connectivity index (χ1v) is 4.70. The zero-order valence-corrected chi connectivity index (χ0v) is 8.81. The summed E-state index contributed by atoms with van der Waals surface area (Å²) < 4.78 is 1.55. The van der Waals surface area contributed by atoms with Crippen LogP contribution in [0.3, 0.4) is 0 Å². The number of nitrogens with one attached hydrogen (secondary N) is 1. The molecule has 2 aromatic heterocycles. The molecule has 0 bridgehead atoms. The van der Waals surface area contributed by atoms with Gasteiger partial charge in [0.1, 0.15) is 0 Å².